The highest BCUT2D eigenvalue weighted by atomic mass is 35.5. The SMILES string of the molecule is CS(=O)(=O)c1nnc(CCCCCNS(=O)(=O)c2cccc(Cl)c2)o1. The second-order valence-electron chi connectivity index (χ2n) is 5.40. The lowest BCUT2D eigenvalue weighted by Gasteiger charge is -2.06. The van der Waals surface area contributed by atoms with Crippen LogP contribution in [0.1, 0.15) is 25.2 Å². The van der Waals surface area contributed by atoms with Crippen LogP contribution in [0, 0.1) is 0 Å². The van der Waals surface area contributed by atoms with Crippen LogP contribution in [0.15, 0.2) is 38.8 Å². The smallest absolute Gasteiger partial charge is 0.335 e. The quantitative estimate of drug-likeness (QED) is 0.629. The Morgan fingerprint density at radius 1 is 1.12 bits per heavy atom. The molecule has 2 rings (SSSR count). The summed E-state index contributed by atoms with van der Waals surface area (Å²) in [7, 11) is -7.07. The Kier molecular flexibility index (Phi) is 6.55. The molecular weight excluding hydrogens is 390 g/mol. The molecule has 25 heavy (non-hydrogen) atoms. The number of hydrogen-bond donors (Lipinski definition) is 1. The second kappa shape index (κ2) is 8.26. The summed E-state index contributed by atoms with van der Waals surface area (Å²) in [6, 6.07) is 6.04. The number of unbranched alkanes of at least 4 members (excludes halogenated alkanes) is 2. The van der Waals surface area contributed by atoms with E-state index < -0.39 is 25.1 Å². The highest BCUT2D eigenvalue weighted by molar-refractivity contribution is 7.90. The Morgan fingerprint density at radius 3 is 2.52 bits per heavy atom. The summed E-state index contributed by atoms with van der Waals surface area (Å²) in [5.41, 5.74) is 0. The lowest BCUT2D eigenvalue weighted by atomic mass is 10.2. The number of halogens is 1. The first-order valence-corrected chi connectivity index (χ1v) is 11.2. The Hall–Kier alpha value is -1.49. The molecule has 0 amide bonds. The van der Waals surface area contributed by atoms with Crippen molar-refractivity contribution in [2.24, 2.45) is 0 Å². The van der Waals surface area contributed by atoms with E-state index in [0.717, 1.165) is 6.26 Å². The minimum atomic E-state index is -3.58. The predicted octanol–water partition coefficient (Wildman–Crippen LogP) is 1.82. The zero-order valence-electron chi connectivity index (χ0n) is 13.5. The van der Waals surface area contributed by atoms with Gasteiger partial charge >= 0.3 is 5.22 Å². The molecule has 138 valence electrons. The number of hydrogen-bond acceptors (Lipinski definition) is 7. The van der Waals surface area contributed by atoms with Crippen molar-refractivity contribution in [3.63, 3.8) is 0 Å². The fourth-order valence-electron chi connectivity index (χ4n) is 1.99. The molecule has 0 spiro atoms. The number of benzene rings is 1. The maximum Gasteiger partial charge on any atom is 0.335 e. The Balaban J connectivity index is 1.72. The summed E-state index contributed by atoms with van der Waals surface area (Å²) >= 11 is 5.79. The van der Waals surface area contributed by atoms with Gasteiger partial charge in [-0.05, 0) is 31.0 Å². The minimum absolute atomic E-state index is 0.124. The van der Waals surface area contributed by atoms with Gasteiger partial charge in [0.1, 0.15) is 0 Å². The molecule has 0 saturated carbocycles. The molecule has 11 heteroatoms. The maximum absolute atomic E-state index is 12.1. The highest BCUT2D eigenvalue weighted by Gasteiger charge is 2.16. The summed E-state index contributed by atoms with van der Waals surface area (Å²) in [6.07, 6.45) is 3.44. The van der Waals surface area contributed by atoms with E-state index in [4.69, 9.17) is 16.0 Å². The lowest BCUT2D eigenvalue weighted by molar-refractivity contribution is 0.392. The van der Waals surface area contributed by atoms with Crippen molar-refractivity contribution in [2.45, 2.75) is 35.8 Å². The van der Waals surface area contributed by atoms with E-state index in [1.54, 1.807) is 12.1 Å². The first-order chi connectivity index (χ1) is 11.7. The maximum atomic E-state index is 12.1. The Bertz CT molecular complexity index is 925. The van der Waals surface area contributed by atoms with E-state index in [1.807, 2.05) is 0 Å². The summed E-state index contributed by atoms with van der Waals surface area (Å²) in [4.78, 5) is 0.124. The number of sulfonamides is 1. The molecule has 0 fully saturated rings. The van der Waals surface area contributed by atoms with Crippen molar-refractivity contribution in [1.82, 2.24) is 14.9 Å². The molecule has 0 bridgehead atoms. The van der Waals surface area contributed by atoms with Gasteiger partial charge in [0.15, 0.2) is 0 Å². The van der Waals surface area contributed by atoms with Gasteiger partial charge in [-0.1, -0.05) is 29.2 Å². The Morgan fingerprint density at radius 2 is 1.88 bits per heavy atom. The molecule has 1 aromatic carbocycles. The van der Waals surface area contributed by atoms with Gasteiger partial charge in [-0.15, -0.1) is 5.10 Å². The molecule has 1 heterocycles. The van der Waals surface area contributed by atoms with E-state index in [1.165, 1.54) is 12.1 Å². The molecule has 0 atom stereocenters. The summed E-state index contributed by atoms with van der Waals surface area (Å²) < 4.78 is 54.1. The number of sulfone groups is 1. The number of aromatic nitrogens is 2. The summed E-state index contributed by atoms with van der Waals surface area (Å²) in [5, 5.41) is 7.10. The highest BCUT2D eigenvalue weighted by Crippen LogP contribution is 2.15. The van der Waals surface area contributed by atoms with Gasteiger partial charge in [0.05, 0.1) is 4.90 Å². The molecule has 0 aliphatic carbocycles. The van der Waals surface area contributed by atoms with Crippen LogP contribution in [0.5, 0.6) is 0 Å². The standard InChI is InChI=1S/C14H18ClN3O5S2/c1-24(19,20)14-18-17-13(23-14)8-3-2-4-9-16-25(21,22)12-7-5-6-11(15)10-12/h5-7,10,16H,2-4,8-9H2,1H3. The van der Waals surface area contributed by atoms with E-state index >= 15 is 0 Å². The van der Waals surface area contributed by atoms with Crippen LogP contribution in [-0.2, 0) is 26.3 Å². The lowest BCUT2D eigenvalue weighted by Crippen LogP contribution is -2.24. The minimum Gasteiger partial charge on any atom is -0.413 e. The van der Waals surface area contributed by atoms with E-state index in [9.17, 15) is 16.8 Å². The summed E-state index contributed by atoms with van der Waals surface area (Å²) in [5.74, 6) is 0.250. The largest absolute Gasteiger partial charge is 0.413 e. The molecule has 1 aromatic heterocycles. The second-order valence-corrected chi connectivity index (χ2v) is 9.50. The van der Waals surface area contributed by atoms with Crippen LogP contribution in [0.3, 0.4) is 0 Å². The van der Waals surface area contributed by atoms with Crippen molar-refractivity contribution in [1.29, 1.82) is 0 Å². The van der Waals surface area contributed by atoms with Crippen molar-refractivity contribution >= 4 is 31.5 Å². The van der Waals surface area contributed by atoms with Crippen molar-refractivity contribution in [3.05, 3.63) is 35.2 Å². The van der Waals surface area contributed by atoms with Crippen LogP contribution < -0.4 is 4.72 Å². The fourth-order valence-corrected chi connectivity index (χ4v) is 3.80. The third-order valence-electron chi connectivity index (χ3n) is 3.23. The zero-order chi connectivity index (χ0) is 18.5. The molecule has 0 unspecified atom stereocenters. The fraction of sp³-hybridized carbons (Fsp3) is 0.429. The Labute approximate surface area is 151 Å². The molecular formula is C14H18ClN3O5S2. The summed E-state index contributed by atoms with van der Waals surface area (Å²) in [6.45, 7) is 0.285. The molecule has 0 aliphatic rings. The van der Waals surface area contributed by atoms with Crippen molar-refractivity contribution in [3.8, 4) is 0 Å². The average Bonchev–Trinajstić information content (AvgIpc) is 3.00. The number of nitrogens with one attached hydrogen (secondary N) is 1. The first-order valence-electron chi connectivity index (χ1n) is 7.46. The predicted molar refractivity (Wildman–Crippen MR) is 91.6 cm³/mol. The number of aryl methyl sites for hydroxylation is 1. The van der Waals surface area contributed by atoms with Crippen LogP contribution in [0.2, 0.25) is 5.02 Å². The molecule has 2 aromatic rings. The van der Waals surface area contributed by atoms with Gasteiger partial charge in [0, 0.05) is 24.2 Å². The van der Waals surface area contributed by atoms with E-state index in [2.05, 4.69) is 14.9 Å². The van der Waals surface area contributed by atoms with E-state index in [0.29, 0.717) is 30.7 Å². The number of rotatable bonds is 9. The molecule has 0 aliphatic heterocycles. The van der Waals surface area contributed by atoms with Gasteiger partial charge in [-0.25, -0.2) is 21.6 Å². The molecule has 8 nitrogen and oxygen atoms in total. The van der Waals surface area contributed by atoms with Crippen LogP contribution in [0.4, 0.5) is 0 Å². The van der Waals surface area contributed by atoms with Crippen molar-refractivity contribution < 1.29 is 21.3 Å². The topological polar surface area (TPSA) is 119 Å². The van der Waals surface area contributed by atoms with E-state index in [-0.39, 0.29) is 17.3 Å². The van der Waals surface area contributed by atoms with Gasteiger partial charge < -0.3 is 4.42 Å². The third-order valence-corrected chi connectivity index (χ3v) is 5.72. The third kappa shape index (κ3) is 6.07. The number of nitrogens with zero attached hydrogens (tertiary/aromatic N) is 2. The van der Waals surface area contributed by atoms with Crippen molar-refractivity contribution in [2.75, 3.05) is 12.8 Å². The van der Waals surface area contributed by atoms with Crippen LogP contribution >= 0.6 is 11.6 Å². The zero-order valence-corrected chi connectivity index (χ0v) is 15.9. The van der Waals surface area contributed by atoms with Crippen LogP contribution in [0.25, 0.3) is 0 Å². The molecule has 0 radical (unpaired) electrons. The average molecular weight is 408 g/mol. The monoisotopic (exact) mass is 407 g/mol. The van der Waals surface area contributed by atoms with Gasteiger partial charge in [-0.3, -0.25) is 0 Å². The molecule has 1 N–H and O–H groups in total. The normalized spacial score (nSPS) is 12.4. The first kappa shape index (κ1) is 19.8. The van der Waals surface area contributed by atoms with Gasteiger partial charge in [-0.2, -0.15) is 0 Å². The van der Waals surface area contributed by atoms with Gasteiger partial charge in [0.2, 0.25) is 25.8 Å². The van der Waals surface area contributed by atoms with Crippen LogP contribution in [-0.4, -0.2) is 39.8 Å². The van der Waals surface area contributed by atoms with Gasteiger partial charge in [0.25, 0.3) is 0 Å². The molecule has 0 saturated heterocycles.